The zero-order valence-electron chi connectivity index (χ0n) is 11.4. The highest BCUT2D eigenvalue weighted by Gasteiger charge is 2.50. The van der Waals surface area contributed by atoms with Crippen molar-refractivity contribution < 1.29 is 9.47 Å². The van der Waals surface area contributed by atoms with Gasteiger partial charge in [0.15, 0.2) is 0 Å². The molecule has 2 saturated heterocycles. The molecule has 4 heteroatoms. The van der Waals surface area contributed by atoms with Crippen LogP contribution in [0.5, 0.6) is 0 Å². The topological polar surface area (TPSA) is 56.5 Å². The van der Waals surface area contributed by atoms with Crippen molar-refractivity contribution in [1.82, 2.24) is 5.43 Å². The first kappa shape index (κ1) is 12.9. The van der Waals surface area contributed by atoms with Crippen molar-refractivity contribution in [3.05, 3.63) is 0 Å². The Bertz CT molecular complexity index is 293. The molecule has 1 saturated carbocycles. The highest BCUT2D eigenvalue weighted by molar-refractivity contribution is 5.03. The van der Waals surface area contributed by atoms with Crippen LogP contribution in [0.25, 0.3) is 0 Å². The molecule has 4 nitrogen and oxygen atoms in total. The summed E-state index contributed by atoms with van der Waals surface area (Å²) in [6.45, 7) is 4.96. The van der Waals surface area contributed by atoms with Crippen LogP contribution >= 0.6 is 0 Å². The number of hydrogen-bond donors (Lipinski definition) is 2. The Balaban J connectivity index is 1.69. The lowest BCUT2D eigenvalue weighted by molar-refractivity contribution is -0.152. The number of rotatable bonds is 3. The maximum atomic E-state index is 6.12. The van der Waals surface area contributed by atoms with Crippen molar-refractivity contribution in [3.8, 4) is 0 Å². The van der Waals surface area contributed by atoms with Crippen LogP contribution in [0.3, 0.4) is 0 Å². The molecule has 3 fully saturated rings. The molecule has 2 aliphatic heterocycles. The van der Waals surface area contributed by atoms with Crippen molar-refractivity contribution in [2.45, 2.75) is 57.1 Å². The molecule has 0 bridgehead atoms. The van der Waals surface area contributed by atoms with Gasteiger partial charge in [0, 0.05) is 25.9 Å². The van der Waals surface area contributed by atoms with Crippen LogP contribution in [0.2, 0.25) is 0 Å². The van der Waals surface area contributed by atoms with Crippen LogP contribution in [-0.2, 0) is 9.47 Å². The molecule has 0 aromatic heterocycles. The Kier molecular flexibility index (Phi) is 3.39. The minimum atomic E-state index is 0.0848. The molecule has 2 heterocycles. The zero-order valence-corrected chi connectivity index (χ0v) is 11.4. The lowest BCUT2D eigenvalue weighted by atomic mass is 9.74. The summed E-state index contributed by atoms with van der Waals surface area (Å²) in [5.41, 5.74) is 3.63. The summed E-state index contributed by atoms with van der Waals surface area (Å²) in [5, 5.41) is 0. The van der Waals surface area contributed by atoms with Crippen LogP contribution in [0.15, 0.2) is 0 Å². The van der Waals surface area contributed by atoms with E-state index >= 15 is 0 Å². The average molecular weight is 254 g/mol. The number of nitrogens with one attached hydrogen (secondary N) is 1. The minimum Gasteiger partial charge on any atom is -0.381 e. The molecule has 0 amide bonds. The summed E-state index contributed by atoms with van der Waals surface area (Å²) in [4.78, 5) is 0. The summed E-state index contributed by atoms with van der Waals surface area (Å²) in [7, 11) is 0. The second-order valence-electron chi connectivity index (χ2n) is 6.70. The van der Waals surface area contributed by atoms with Gasteiger partial charge in [-0.15, -0.1) is 0 Å². The van der Waals surface area contributed by atoms with Gasteiger partial charge in [-0.05, 0) is 49.9 Å². The molecule has 3 N–H and O–H groups in total. The minimum absolute atomic E-state index is 0.0848. The standard InChI is InChI=1S/C14H26N2O2/c1-13(3-4-13)12(16-15)11-2-7-18-14(10-11)5-8-17-9-6-14/h11-12,16H,2-10,15H2,1H3. The fourth-order valence-electron chi connectivity index (χ4n) is 3.86. The molecule has 1 spiro atoms. The van der Waals surface area contributed by atoms with Crippen LogP contribution in [0.4, 0.5) is 0 Å². The van der Waals surface area contributed by atoms with Gasteiger partial charge in [-0.2, -0.15) is 0 Å². The van der Waals surface area contributed by atoms with Crippen LogP contribution in [0, 0.1) is 11.3 Å². The van der Waals surface area contributed by atoms with Crippen molar-refractivity contribution in [3.63, 3.8) is 0 Å². The molecule has 2 atom stereocenters. The van der Waals surface area contributed by atoms with E-state index < -0.39 is 0 Å². The van der Waals surface area contributed by atoms with Gasteiger partial charge in [-0.25, -0.2) is 0 Å². The molecule has 0 radical (unpaired) electrons. The Morgan fingerprint density at radius 2 is 1.89 bits per heavy atom. The molecule has 3 rings (SSSR count). The summed E-state index contributed by atoms with van der Waals surface area (Å²) in [6.07, 6.45) is 7.04. The fourth-order valence-corrected chi connectivity index (χ4v) is 3.86. The molecule has 2 unspecified atom stereocenters. The lowest BCUT2D eigenvalue weighted by Crippen LogP contribution is -2.53. The number of ether oxygens (including phenoxy) is 2. The molecule has 0 aromatic rings. The Morgan fingerprint density at radius 3 is 2.50 bits per heavy atom. The van der Waals surface area contributed by atoms with E-state index in [0.717, 1.165) is 45.5 Å². The number of hydrazine groups is 1. The van der Waals surface area contributed by atoms with Gasteiger partial charge in [0.2, 0.25) is 0 Å². The highest BCUT2D eigenvalue weighted by atomic mass is 16.5. The van der Waals surface area contributed by atoms with E-state index in [4.69, 9.17) is 15.3 Å². The Morgan fingerprint density at radius 1 is 1.17 bits per heavy atom. The smallest absolute Gasteiger partial charge is 0.0729 e. The van der Waals surface area contributed by atoms with E-state index in [1.54, 1.807) is 0 Å². The van der Waals surface area contributed by atoms with Gasteiger partial charge in [0.25, 0.3) is 0 Å². The third-order valence-electron chi connectivity index (χ3n) is 5.38. The maximum absolute atomic E-state index is 6.12. The largest absolute Gasteiger partial charge is 0.381 e. The van der Waals surface area contributed by atoms with Gasteiger partial charge in [-0.3, -0.25) is 11.3 Å². The summed E-state index contributed by atoms with van der Waals surface area (Å²) >= 11 is 0. The number of nitrogens with two attached hydrogens (primary N) is 1. The van der Waals surface area contributed by atoms with E-state index in [-0.39, 0.29) is 5.60 Å². The molecule has 18 heavy (non-hydrogen) atoms. The highest BCUT2D eigenvalue weighted by Crippen LogP contribution is 2.52. The monoisotopic (exact) mass is 254 g/mol. The first-order valence-corrected chi connectivity index (χ1v) is 7.35. The fraction of sp³-hybridized carbons (Fsp3) is 1.00. The quantitative estimate of drug-likeness (QED) is 0.593. The van der Waals surface area contributed by atoms with E-state index in [1.807, 2.05) is 0 Å². The third kappa shape index (κ3) is 2.31. The van der Waals surface area contributed by atoms with Crippen molar-refractivity contribution >= 4 is 0 Å². The van der Waals surface area contributed by atoms with E-state index in [0.29, 0.717) is 17.4 Å². The van der Waals surface area contributed by atoms with Crippen molar-refractivity contribution in [1.29, 1.82) is 0 Å². The average Bonchev–Trinajstić information content (AvgIpc) is 3.10. The van der Waals surface area contributed by atoms with E-state index in [9.17, 15) is 0 Å². The molecular formula is C14H26N2O2. The lowest BCUT2D eigenvalue weighted by Gasteiger charge is -2.46. The normalized spacial score (nSPS) is 35.3. The summed E-state index contributed by atoms with van der Waals surface area (Å²) < 4.78 is 11.6. The Labute approximate surface area is 110 Å². The Hall–Kier alpha value is -0.160. The predicted octanol–water partition coefficient (Wildman–Crippen LogP) is 1.59. The van der Waals surface area contributed by atoms with Gasteiger partial charge < -0.3 is 9.47 Å². The second kappa shape index (κ2) is 4.75. The molecule has 104 valence electrons. The van der Waals surface area contributed by atoms with Gasteiger partial charge >= 0.3 is 0 Å². The van der Waals surface area contributed by atoms with Gasteiger partial charge in [-0.1, -0.05) is 6.92 Å². The van der Waals surface area contributed by atoms with Crippen LogP contribution in [-0.4, -0.2) is 31.5 Å². The first-order chi connectivity index (χ1) is 8.68. The number of hydrogen-bond acceptors (Lipinski definition) is 4. The van der Waals surface area contributed by atoms with E-state index in [2.05, 4.69) is 12.3 Å². The zero-order chi connectivity index (χ0) is 12.6. The molecule has 3 aliphatic rings. The summed E-state index contributed by atoms with van der Waals surface area (Å²) in [6, 6.07) is 0.459. The molecule has 1 aliphatic carbocycles. The maximum Gasteiger partial charge on any atom is 0.0729 e. The van der Waals surface area contributed by atoms with Crippen LogP contribution in [0.1, 0.15) is 45.4 Å². The van der Waals surface area contributed by atoms with Gasteiger partial charge in [0.05, 0.1) is 5.60 Å². The molecule has 0 aromatic carbocycles. The second-order valence-corrected chi connectivity index (χ2v) is 6.70. The van der Waals surface area contributed by atoms with Crippen molar-refractivity contribution in [2.75, 3.05) is 19.8 Å². The SMILES string of the molecule is CC1(C(NN)C2CCOC3(CCOCC3)C2)CC1. The third-order valence-corrected chi connectivity index (χ3v) is 5.38. The van der Waals surface area contributed by atoms with Crippen LogP contribution < -0.4 is 11.3 Å². The van der Waals surface area contributed by atoms with Gasteiger partial charge in [0.1, 0.15) is 0 Å². The van der Waals surface area contributed by atoms with Crippen molar-refractivity contribution in [2.24, 2.45) is 17.2 Å². The van der Waals surface area contributed by atoms with E-state index in [1.165, 1.54) is 12.8 Å². The molecular weight excluding hydrogens is 228 g/mol. The first-order valence-electron chi connectivity index (χ1n) is 7.35. The summed E-state index contributed by atoms with van der Waals surface area (Å²) in [5.74, 6) is 6.49. The predicted molar refractivity (Wildman–Crippen MR) is 69.9 cm³/mol.